The second-order valence-corrected chi connectivity index (χ2v) is 28.1. The molecule has 4 fully saturated rings. The van der Waals surface area contributed by atoms with Crippen LogP contribution in [0.1, 0.15) is 61.7 Å². The first kappa shape index (κ1) is 87.6. The van der Waals surface area contributed by atoms with E-state index in [1.54, 1.807) is 24.3 Å². The normalized spacial score (nSPS) is 21.5. The van der Waals surface area contributed by atoms with Crippen LogP contribution in [-0.4, -0.2) is 206 Å². The molecule has 12 heterocycles. The molecule has 4 aromatic carbocycles. The number of nitrogens with zero attached hydrogens (tertiary/aromatic N) is 13. The van der Waals surface area contributed by atoms with Crippen molar-refractivity contribution in [2.75, 3.05) is 62.3 Å². The Labute approximate surface area is 665 Å². The summed E-state index contributed by atoms with van der Waals surface area (Å²) in [6.07, 6.45) is -6.56. The molecule has 4 aliphatic rings. The molecule has 0 amide bonds. The minimum absolute atomic E-state index is 0. The van der Waals surface area contributed by atoms with Crippen molar-refractivity contribution in [2.24, 2.45) is 5.90 Å². The number of nitrogens with two attached hydrogens (primary N) is 6. The number of nitrogen functional groups attached to an aromatic ring is 5. The number of imidazole rings is 4. The topological polar surface area (TPSA) is 663 Å². The molecule has 0 aliphatic carbocycles. The van der Waals surface area contributed by atoms with Gasteiger partial charge in [-0.15, -0.1) is 0 Å². The van der Waals surface area contributed by atoms with Gasteiger partial charge in [0.15, 0.2) is 74.3 Å². The van der Waals surface area contributed by atoms with Gasteiger partial charge in [0.1, 0.15) is 37.6 Å². The number of aromatic amines is 3. The van der Waals surface area contributed by atoms with E-state index < -0.39 is 103 Å². The van der Waals surface area contributed by atoms with Crippen LogP contribution in [0.4, 0.5) is 23.8 Å². The molecule has 4 saturated heterocycles. The summed E-state index contributed by atoms with van der Waals surface area (Å²) in [5.74, 6) is 10.4. The van der Waals surface area contributed by atoms with Gasteiger partial charge in [-0.05, 0) is 51.3 Å². The number of aromatic nitrogens is 16. The quantitative estimate of drug-likeness (QED) is 0.0121. The van der Waals surface area contributed by atoms with E-state index >= 15 is 0 Å². The summed E-state index contributed by atoms with van der Waals surface area (Å²) in [7, 11) is -2.13. The molecule has 12 aromatic rings. The summed E-state index contributed by atoms with van der Waals surface area (Å²) in [5.41, 5.74) is 22.9. The molecular formula is C68H83BrN22O21PPd-. The SMILES string of the molecule is CO.NOP(=O)(c1ccccc1)c1ccccc1.Nc1nc2c(nc(Br)n2[C@@H]2O[C@H](CO)C[C@H]2O)c(=O)[nH]1.Nc1nc2c(nc(OCc3ccccc3)n2[C@@H]2O[C@H](CO)C[C@H]2O)c(=O)[nH]1.Nc1nc2c(nc(OCc3ccccc3)n2[C@@H]2O[C@H](CO)C[C@H]2O)c(=O)n1N.Nc1nc2c(ncn2[C@@H]2O[C@H](CO)C[C@H]2O)c(=O)[nH]1.[CH3-].[Pd]. The van der Waals surface area contributed by atoms with Gasteiger partial charge in [0.2, 0.25) is 23.8 Å². The number of H-pyrrole nitrogens is 3. The van der Waals surface area contributed by atoms with Crippen molar-refractivity contribution in [2.45, 2.75) is 113 Å². The first-order valence-corrected chi connectivity index (χ1v) is 36.5. The maximum atomic E-state index is 12.6. The number of fused-ring (bicyclic) bond motifs is 4. The largest absolute Gasteiger partial charge is 0.460 e. The average Bonchev–Trinajstić information content (AvgIpc) is 1.61. The Kier molecular flexibility index (Phi) is 30.1. The first-order valence-electron chi connectivity index (χ1n) is 34.1. The number of ether oxygens (including phenoxy) is 6. The predicted octanol–water partition coefficient (Wildman–Crippen LogP) is -1.66. The third-order valence-electron chi connectivity index (χ3n) is 17.5. The van der Waals surface area contributed by atoms with Gasteiger partial charge in [0.25, 0.3) is 24.0 Å². The second-order valence-electron chi connectivity index (χ2n) is 25.0. The number of anilines is 4. The predicted molar refractivity (Wildman–Crippen MR) is 409 cm³/mol. The zero-order chi connectivity index (χ0) is 80.2. The van der Waals surface area contributed by atoms with Crippen molar-refractivity contribution in [3.05, 3.63) is 192 Å². The van der Waals surface area contributed by atoms with Crippen molar-refractivity contribution in [3.8, 4) is 12.0 Å². The Morgan fingerprint density at radius 1 is 0.491 bits per heavy atom. The van der Waals surface area contributed by atoms with Crippen LogP contribution in [0.15, 0.2) is 152 Å². The van der Waals surface area contributed by atoms with Gasteiger partial charge in [-0.3, -0.25) is 47.8 Å². The smallest absolute Gasteiger partial charge is 0.301 e. The molecule has 0 spiro atoms. The molecule has 4 aliphatic heterocycles. The van der Waals surface area contributed by atoms with Crippen LogP contribution in [0.3, 0.4) is 0 Å². The van der Waals surface area contributed by atoms with Crippen LogP contribution in [0.25, 0.3) is 44.7 Å². The second kappa shape index (κ2) is 39.1. The van der Waals surface area contributed by atoms with Gasteiger partial charge in [0, 0.05) is 63.8 Å². The molecule has 614 valence electrons. The monoisotopic (exact) mass is 1760 g/mol. The van der Waals surface area contributed by atoms with Crippen molar-refractivity contribution >= 4 is 102 Å². The molecule has 0 saturated carbocycles. The standard InChI is InChI=1S/C17H20N6O5.C17H19N5O5.C12H12NO2P.C10H12BrN5O4.C10H13N5O4.CH4O.CH3.Pd/c18-16-21-13-12(14(26)23(16)19)20-17(27-8-9-4-2-1-3-5-9)22(13)15-11(25)6-10(7-24)28-15;18-16-20-13-12(14(25)21-16)19-17(26-8-9-4-2-1-3-5-9)22(13)15-11(24)6-10(7-23)27-15;13-15-16(14,11-7-3-1-4-8-11)12-9-5-2-6-10-12;11-9-13-5-6(14-10(12)15-7(5)19)16(9)8-4(18)1-3(2-17)20-8;11-10-13-7-6(8(18)14-10)12-3-15(7)9-5(17)1-4(2-16)19-9;1-2;;/h1-5,10-11,15,24-25H,6-8,19H2,(H2,18,21);1-5,10-11,15,23-24H,6-8H2,(H3,18,20,21,25);1-10H,13H2;3-4,8,17-18H,1-2H2,(H3,12,14,15,19);3-5,9,16-17H,1-2H2,(H3,11,13,14,18);2H,1H3;1H3;/q;;;;;;-1;/t2*10-,11+,15+;;3-,4+,8+;4-,5+,9+;;;/m00.00.../s1. The number of nitrogens with one attached hydrogen (secondary N) is 3. The van der Waals surface area contributed by atoms with Gasteiger partial charge < -0.3 is 111 Å². The summed E-state index contributed by atoms with van der Waals surface area (Å²) < 4.78 is 58.1. The molecule has 12 atom stereocenters. The van der Waals surface area contributed by atoms with Crippen LogP contribution >= 0.6 is 23.3 Å². The summed E-state index contributed by atoms with van der Waals surface area (Å²) in [6.45, 7) is -0.515. The van der Waals surface area contributed by atoms with E-state index in [4.69, 9.17) is 83.0 Å². The zero-order valence-corrected chi connectivity index (χ0v) is 64.5. The van der Waals surface area contributed by atoms with E-state index in [-0.39, 0.29) is 167 Å². The van der Waals surface area contributed by atoms with Crippen LogP contribution in [0.5, 0.6) is 12.0 Å². The molecule has 8 aromatic heterocycles. The Morgan fingerprint density at radius 2 is 0.833 bits per heavy atom. The number of hydrogen-bond acceptors (Lipinski definition) is 35. The maximum Gasteiger partial charge on any atom is 0.301 e. The number of hydrogen-bond donors (Lipinski definition) is 18. The molecule has 24 N–H and O–H groups in total. The fourth-order valence-corrected chi connectivity index (χ4v) is 14.5. The van der Waals surface area contributed by atoms with Gasteiger partial charge in [-0.1, -0.05) is 97.1 Å². The molecule has 16 rings (SSSR count). The van der Waals surface area contributed by atoms with Gasteiger partial charge in [0.05, 0.1) is 57.2 Å². The van der Waals surface area contributed by atoms with Crippen LogP contribution in [0.2, 0.25) is 0 Å². The Morgan fingerprint density at radius 3 is 1.24 bits per heavy atom. The summed E-state index contributed by atoms with van der Waals surface area (Å²) in [5, 5.41) is 85.8. The Balaban J connectivity index is 0.000000164. The molecular weight excluding hydrogens is 1680 g/mol. The van der Waals surface area contributed by atoms with E-state index in [9.17, 15) is 54.4 Å². The number of aliphatic hydroxyl groups is 9. The van der Waals surface area contributed by atoms with Crippen molar-refractivity contribution < 1.29 is 104 Å². The van der Waals surface area contributed by atoms with Crippen LogP contribution in [-0.2, 0) is 61.8 Å². The van der Waals surface area contributed by atoms with Crippen molar-refractivity contribution in [1.82, 2.24) is 77.8 Å². The van der Waals surface area contributed by atoms with E-state index in [0.29, 0.717) is 26.4 Å². The molecule has 46 heteroatoms. The number of rotatable bonds is 17. The summed E-state index contributed by atoms with van der Waals surface area (Å²) >= 11 is 3.21. The van der Waals surface area contributed by atoms with Crippen LogP contribution < -0.4 is 77.0 Å². The maximum absolute atomic E-state index is 12.6. The van der Waals surface area contributed by atoms with Gasteiger partial charge in [-0.25, -0.2) is 29.6 Å². The molecule has 43 nitrogen and oxygen atoms in total. The van der Waals surface area contributed by atoms with Crippen molar-refractivity contribution in [1.29, 1.82) is 0 Å². The molecule has 0 bridgehead atoms. The Hall–Kier alpha value is -10.3. The molecule has 0 unspecified atom stereocenters. The summed E-state index contributed by atoms with van der Waals surface area (Å²) in [6, 6.07) is 36.8. The van der Waals surface area contributed by atoms with E-state index in [1.165, 1.54) is 24.6 Å². The van der Waals surface area contributed by atoms with Gasteiger partial charge >= 0.3 is 17.6 Å². The number of benzene rings is 4. The van der Waals surface area contributed by atoms with E-state index in [0.717, 1.165) is 18.2 Å². The fraction of sp³-hybridized carbons (Fsp3) is 0.338. The van der Waals surface area contributed by atoms with Crippen molar-refractivity contribution in [3.63, 3.8) is 0 Å². The minimum atomic E-state index is -3.13. The first-order chi connectivity index (χ1) is 53.9. The van der Waals surface area contributed by atoms with Gasteiger partial charge in [-0.2, -0.15) is 34.6 Å². The minimum Gasteiger partial charge on any atom is -0.460 e. The fourth-order valence-electron chi connectivity index (χ4n) is 12.3. The third-order valence-corrected chi connectivity index (χ3v) is 20.3. The van der Waals surface area contributed by atoms with E-state index in [1.807, 2.05) is 97.1 Å². The average molecular weight is 1760 g/mol. The number of halogens is 1. The summed E-state index contributed by atoms with van der Waals surface area (Å²) in [4.78, 5) is 87.8. The van der Waals surface area contributed by atoms with Crippen LogP contribution in [0, 0.1) is 7.43 Å². The number of aliphatic hydroxyl groups excluding tert-OH is 9. The molecule has 0 radical (unpaired) electrons. The van der Waals surface area contributed by atoms with E-state index in [2.05, 4.69) is 70.8 Å². The zero-order valence-electron chi connectivity index (χ0n) is 60.5. The Bertz CT molecular complexity index is 5440. The molecule has 114 heavy (non-hydrogen) atoms. The third kappa shape index (κ3) is 19.2.